The number of fused-ring (bicyclic) bond motifs is 17. The summed E-state index contributed by atoms with van der Waals surface area (Å²) in [6.07, 6.45) is 1.68. The summed E-state index contributed by atoms with van der Waals surface area (Å²) in [6.45, 7) is 0. The topological polar surface area (TPSA) is 24.6 Å². The molecule has 0 N–H and O–H groups in total. The van der Waals surface area contributed by atoms with Crippen LogP contribution in [0.4, 0.5) is 0 Å². The molecule has 0 atom stereocenters. The van der Waals surface area contributed by atoms with Crippen molar-refractivity contribution in [3.63, 3.8) is 0 Å². The van der Waals surface area contributed by atoms with Crippen molar-refractivity contribution >= 4 is 109 Å². The predicted octanol–water partition coefficient (Wildman–Crippen LogP) is 22.0. The summed E-state index contributed by atoms with van der Waals surface area (Å²) in [5, 5.41) is 12.3. The van der Waals surface area contributed by atoms with Crippen LogP contribution in [0.1, 0.15) is 22.3 Å². The van der Waals surface area contributed by atoms with Gasteiger partial charge < -0.3 is 22.8 Å². The number of rotatable bonds is 7. The Morgan fingerprint density at radius 3 is 0.879 bits per heavy atom. The Labute approximate surface area is 524 Å². The number of hydrogen-bond acceptors (Lipinski definition) is 0. The molecule has 5 nitrogen and oxygen atoms in total. The molecule has 1 aliphatic carbocycles. The first kappa shape index (κ1) is 50.1. The first-order valence-electron chi connectivity index (χ1n) is 31.6. The molecule has 0 saturated heterocycles. The number of para-hydroxylation sites is 6. The maximum atomic E-state index is 2.60. The Morgan fingerprint density at radius 2 is 0.484 bits per heavy atom. The number of benzene rings is 14. The molecule has 0 unspecified atom stereocenters. The van der Waals surface area contributed by atoms with Crippen molar-refractivity contribution in [3.8, 4) is 50.7 Å². The van der Waals surface area contributed by atoms with Crippen LogP contribution in [0.25, 0.3) is 160 Å². The molecule has 91 heavy (non-hydrogen) atoms. The van der Waals surface area contributed by atoms with E-state index in [0.29, 0.717) is 0 Å². The van der Waals surface area contributed by atoms with Gasteiger partial charge in [-0.05, 0) is 166 Å². The Morgan fingerprint density at radius 1 is 0.176 bits per heavy atom. The second-order valence-corrected chi connectivity index (χ2v) is 24.8. The van der Waals surface area contributed by atoms with E-state index in [1.807, 2.05) is 0 Å². The van der Waals surface area contributed by atoms with Crippen LogP contribution in [0.2, 0.25) is 0 Å². The molecule has 0 saturated carbocycles. The Bertz CT molecular complexity index is 5870. The van der Waals surface area contributed by atoms with E-state index in [4.69, 9.17) is 0 Å². The molecule has 19 aromatic rings. The molecule has 5 heterocycles. The number of aromatic nitrogens is 5. The smallest absolute Gasteiger partial charge is 0.0542 e. The van der Waals surface area contributed by atoms with Gasteiger partial charge >= 0.3 is 0 Å². The summed E-state index contributed by atoms with van der Waals surface area (Å²) in [5.74, 6) is 0. The fourth-order valence-corrected chi connectivity index (χ4v) is 15.9. The Balaban J connectivity index is 0.829. The molecule has 424 valence electrons. The average Bonchev–Trinajstić information content (AvgIpc) is 1.66. The van der Waals surface area contributed by atoms with E-state index < -0.39 is 0 Å². The average molecular weight is 1160 g/mol. The normalized spacial score (nSPS) is 12.5. The molecule has 0 amide bonds. The summed E-state index contributed by atoms with van der Waals surface area (Å²) in [6, 6.07) is 116. The minimum Gasteiger partial charge on any atom is -0.309 e. The molecule has 0 bridgehead atoms. The molecular weight excluding hydrogens is 1100 g/mol. The molecular formula is C86H55N5. The van der Waals surface area contributed by atoms with Gasteiger partial charge in [-0.25, -0.2) is 0 Å². The van der Waals surface area contributed by atoms with Crippen molar-refractivity contribution in [1.82, 2.24) is 22.8 Å². The van der Waals surface area contributed by atoms with Gasteiger partial charge in [0.2, 0.25) is 0 Å². The third-order valence-corrected chi connectivity index (χ3v) is 20.0. The predicted molar refractivity (Wildman–Crippen MR) is 381 cm³/mol. The molecule has 5 heteroatoms. The van der Waals surface area contributed by atoms with Crippen LogP contribution in [0.15, 0.2) is 309 Å². The van der Waals surface area contributed by atoms with Gasteiger partial charge in [-0.1, -0.05) is 194 Å². The highest BCUT2D eigenvalue weighted by molar-refractivity contribution is 6.16. The molecule has 20 rings (SSSR count). The molecule has 14 aromatic carbocycles. The lowest BCUT2D eigenvalue weighted by Gasteiger charge is -2.26. The van der Waals surface area contributed by atoms with Crippen molar-refractivity contribution in [2.45, 2.75) is 12.8 Å². The summed E-state index contributed by atoms with van der Waals surface area (Å²) >= 11 is 0. The lowest BCUT2D eigenvalue weighted by Crippen LogP contribution is -2.12. The van der Waals surface area contributed by atoms with E-state index in [2.05, 4.69) is 332 Å². The largest absolute Gasteiger partial charge is 0.309 e. The van der Waals surface area contributed by atoms with Gasteiger partial charge in [-0.15, -0.1) is 0 Å². The van der Waals surface area contributed by atoms with Crippen molar-refractivity contribution < 1.29 is 0 Å². The van der Waals surface area contributed by atoms with Crippen LogP contribution < -0.4 is 0 Å². The first-order valence-corrected chi connectivity index (χ1v) is 31.6. The van der Waals surface area contributed by atoms with Crippen molar-refractivity contribution in [2.24, 2.45) is 0 Å². The lowest BCUT2D eigenvalue weighted by molar-refractivity contribution is 0.976. The third-order valence-electron chi connectivity index (χ3n) is 20.0. The Kier molecular flexibility index (Phi) is 10.6. The molecule has 0 radical (unpaired) electrons. The lowest BCUT2D eigenvalue weighted by atomic mass is 9.82. The molecule has 0 fully saturated rings. The minimum atomic E-state index is 0.822. The van der Waals surface area contributed by atoms with Gasteiger partial charge in [0.25, 0.3) is 0 Å². The highest BCUT2D eigenvalue weighted by Crippen LogP contribution is 2.45. The quantitative estimate of drug-likeness (QED) is 0.152. The molecule has 0 spiro atoms. The van der Waals surface area contributed by atoms with Gasteiger partial charge in [0.1, 0.15) is 0 Å². The minimum absolute atomic E-state index is 0.822. The number of nitrogens with zero attached hydrogens (tertiary/aromatic N) is 5. The summed E-state index contributed by atoms with van der Waals surface area (Å²) in [4.78, 5) is 0. The second kappa shape index (κ2) is 19.3. The zero-order chi connectivity index (χ0) is 59.4. The van der Waals surface area contributed by atoms with Crippen LogP contribution in [-0.2, 0) is 12.8 Å². The van der Waals surface area contributed by atoms with Gasteiger partial charge in [-0.2, -0.15) is 0 Å². The van der Waals surface area contributed by atoms with E-state index >= 15 is 0 Å². The highest BCUT2D eigenvalue weighted by atomic mass is 15.0. The third kappa shape index (κ3) is 7.40. The van der Waals surface area contributed by atoms with Crippen LogP contribution in [0.5, 0.6) is 0 Å². The van der Waals surface area contributed by atoms with Gasteiger partial charge in [-0.3, -0.25) is 0 Å². The summed E-state index contributed by atoms with van der Waals surface area (Å²) < 4.78 is 12.5. The fraction of sp³-hybridized carbons (Fsp3) is 0.0233. The zero-order valence-corrected chi connectivity index (χ0v) is 49.6. The molecule has 5 aromatic heterocycles. The van der Waals surface area contributed by atoms with Crippen molar-refractivity contribution in [1.29, 1.82) is 0 Å². The van der Waals surface area contributed by atoms with Crippen LogP contribution in [0, 0.1) is 0 Å². The first-order chi connectivity index (χ1) is 45.1. The second-order valence-electron chi connectivity index (χ2n) is 24.8. The monoisotopic (exact) mass is 1160 g/mol. The highest BCUT2D eigenvalue weighted by Gasteiger charge is 2.26. The van der Waals surface area contributed by atoms with Crippen molar-refractivity contribution in [2.75, 3.05) is 0 Å². The van der Waals surface area contributed by atoms with E-state index in [0.717, 1.165) is 35.6 Å². The molecule has 1 aliphatic rings. The molecule has 0 aliphatic heterocycles. The van der Waals surface area contributed by atoms with Crippen LogP contribution in [-0.4, -0.2) is 22.8 Å². The summed E-state index contributed by atoms with van der Waals surface area (Å²) in [7, 11) is 0. The van der Waals surface area contributed by atoms with Gasteiger partial charge in [0, 0.05) is 83.0 Å². The fourth-order valence-electron chi connectivity index (χ4n) is 15.9. The van der Waals surface area contributed by atoms with E-state index in [9.17, 15) is 0 Å². The zero-order valence-electron chi connectivity index (χ0n) is 49.6. The number of hydrogen-bond donors (Lipinski definition) is 0. The van der Waals surface area contributed by atoms with Gasteiger partial charge in [0.15, 0.2) is 0 Å². The van der Waals surface area contributed by atoms with Crippen molar-refractivity contribution in [3.05, 3.63) is 332 Å². The summed E-state index contributed by atoms with van der Waals surface area (Å²) in [5.41, 5.74) is 28.0. The maximum Gasteiger partial charge on any atom is 0.0542 e. The maximum absolute atomic E-state index is 2.60. The van der Waals surface area contributed by atoms with Crippen LogP contribution in [0.3, 0.4) is 0 Å². The van der Waals surface area contributed by atoms with E-state index in [-0.39, 0.29) is 0 Å². The Hall–Kier alpha value is -11.9. The van der Waals surface area contributed by atoms with E-state index in [1.165, 1.54) is 159 Å². The van der Waals surface area contributed by atoms with Crippen LogP contribution >= 0.6 is 0 Å². The van der Waals surface area contributed by atoms with E-state index in [1.54, 1.807) is 0 Å². The SMILES string of the molecule is c1ccc(-c2ccc3c(c2)Cc2c(cc(-c4ccccc4)cc2-n2c4ccc(-n5c6ccccc6c6cc(-n7c8ccccc8c8ccccc87)ccc65)cc4c4cc(-n5c6ccccc6c6cc(-n7c8ccccc8c8ccccc87)ccc65)ccc42)C3)cc1. The van der Waals surface area contributed by atoms with Gasteiger partial charge in [0.05, 0.1) is 60.9 Å². The standard InChI is InChI=1S/C86H55N5/c1-3-19-54(20-4-1)56-35-36-57-46-60-47-59(55-21-5-2-6-22-55)49-86(71(60)48-58(57)45-56)91-84-43-39-63(89-80-33-17-11-27-69(80)72-50-61(37-41-82(72)89)87-76-29-13-7-23-65(76)66-24-8-14-30-77(66)87)52-74(84)75-53-64(40-44-85(75)91)90-81-34-18-12-28-70(81)73-51-62(38-42-83(73)90)88-78-31-15-9-25-67(78)68-26-10-16-32-79(68)88/h1-45,47,49-53H,46,48H2.